The molecule has 0 aromatic heterocycles. The van der Waals surface area contributed by atoms with Crippen LogP contribution in [0.2, 0.25) is 0 Å². The largest absolute Gasteiger partial charge is 0.481 e. The van der Waals surface area contributed by atoms with Gasteiger partial charge in [-0.15, -0.1) is 5.92 Å². The van der Waals surface area contributed by atoms with Crippen molar-refractivity contribution in [1.82, 2.24) is 4.31 Å². The summed E-state index contributed by atoms with van der Waals surface area (Å²) in [6.07, 6.45) is 0. The molecule has 152 valence electrons. The summed E-state index contributed by atoms with van der Waals surface area (Å²) in [5.74, 6) is 5.40. The molecule has 1 heterocycles. The first-order valence-corrected chi connectivity index (χ1v) is 10.5. The van der Waals surface area contributed by atoms with Crippen molar-refractivity contribution in [3.63, 3.8) is 0 Å². The van der Waals surface area contributed by atoms with Gasteiger partial charge in [-0.3, -0.25) is 4.79 Å². The van der Waals surface area contributed by atoms with Gasteiger partial charge in [0, 0.05) is 18.8 Å². The maximum atomic E-state index is 13.4. The zero-order valence-electron chi connectivity index (χ0n) is 16.2. The van der Waals surface area contributed by atoms with E-state index in [-0.39, 0.29) is 24.6 Å². The number of sulfonamides is 1. The van der Waals surface area contributed by atoms with Crippen LogP contribution in [-0.4, -0.2) is 45.0 Å². The van der Waals surface area contributed by atoms with Crippen LogP contribution in [0.15, 0.2) is 53.4 Å². The SMILES string of the molecule is CC#CCOc1ccc(S(=O)(=O)N2Cc3ccccc3NCC2C(=O)OC)cc1. The molecule has 7 nitrogen and oxygen atoms in total. The van der Waals surface area contributed by atoms with Crippen LogP contribution in [0.1, 0.15) is 12.5 Å². The molecule has 1 N–H and O–H groups in total. The summed E-state index contributed by atoms with van der Waals surface area (Å²) in [6.45, 7) is 2.10. The molecule has 2 aromatic carbocycles. The minimum absolute atomic E-state index is 0.0512. The molecular formula is C21H22N2O5S. The van der Waals surface area contributed by atoms with Gasteiger partial charge in [0.25, 0.3) is 0 Å². The summed E-state index contributed by atoms with van der Waals surface area (Å²) in [4.78, 5) is 12.4. The number of carbonyl (C=O) groups is 1. The lowest BCUT2D eigenvalue weighted by Gasteiger charge is -2.27. The molecule has 0 radical (unpaired) electrons. The van der Waals surface area contributed by atoms with E-state index in [2.05, 4.69) is 17.2 Å². The maximum absolute atomic E-state index is 13.4. The van der Waals surface area contributed by atoms with Gasteiger partial charge < -0.3 is 14.8 Å². The molecule has 0 saturated heterocycles. The molecule has 0 aliphatic carbocycles. The standard InChI is InChI=1S/C21H22N2O5S/c1-3-4-13-28-17-9-11-18(12-10-17)29(25,26)23-15-16-7-5-6-8-19(16)22-14-20(23)21(24)27-2/h5-12,20,22H,13-15H2,1-2H3. The van der Waals surface area contributed by atoms with Crippen molar-refractivity contribution in [2.75, 3.05) is 25.6 Å². The normalized spacial score (nSPS) is 16.4. The summed E-state index contributed by atoms with van der Waals surface area (Å²) in [6, 6.07) is 12.4. The molecule has 3 rings (SSSR count). The summed E-state index contributed by atoms with van der Waals surface area (Å²) >= 11 is 0. The van der Waals surface area contributed by atoms with E-state index in [9.17, 15) is 13.2 Å². The molecule has 8 heteroatoms. The lowest BCUT2D eigenvalue weighted by Crippen LogP contribution is -2.47. The predicted molar refractivity (Wildman–Crippen MR) is 109 cm³/mol. The van der Waals surface area contributed by atoms with Crippen LogP contribution < -0.4 is 10.1 Å². The van der Waals surface area contributed by atoms with Crippen LogP contribution in [0, 0.1) is 11.8 Å². The van der Waals surface area contributed by atoms with Crippen LogP contribution in [-0.2, 0) is 26.1 Å². The molecule has 1 aliphatic heterocycles. The van der Waals surface area contributed by atoms with E-state index in [0.717, 1.165) is 11.3 Å². The van der Waals surface area contributed by atoms with E-state index < -0.39 is 22.0 Å². The molecule has 0 bridgehead atoms. The number of fused-ring (bicyclic) bond motifs is 1. The lowest BCUT2D eigenvalue weighted by molar-refractivity contribution is -0.144. The van der Waals surface area contributed by atoms with Gasteiger partial charge in [0.2, 0.25) is 10.0 Å². The molecule has 0 fully saturated rings. The zero-order valence-corrected chi connectivity index (χ0v) is 17.0. The monoisotopic (exact) mass is 414 g/mol. The van der Waals surface area contributed by atoms with E-state index in [1.807, 2.05) is 24.3 Å². The molecule has 1 aliphatic rings. The Morgan fingerprint density at radius 1 is 1.21 bits per heavy atom. The highest BCUT2D eigenvalue weighted by Crippen LogP contribution is 2.28. The summed E-state index contributed by atoms with van der Waals surface area (Å²) in [7, 11) is -2.72. The highest BCUT2D eigenvalue weighted by molar-refractivity contribution is 7.89. The fourth-order valence-corrected chi connectivity index (χ4v) is 4.60. The smallest absolute Gasteiger partial charge is 0.326 e. The Kier molecular flexibility index (Phi) is 6.42. The topological polar surface area (TPSA) is 84.9 Å². The van der Waals surface area contributed by atoms with Crippen molar-refractivity contribution >= 4 is 21.7 Å². The van der Waals surface area contributed by atoms with Crippen molar-refractivity contribution in [3.05, 3.63) is 54.1 Å². The minimum atomic E-state index is -3.97. The average molecular weight is 414 g/mol. The summed E-state index contributed by atoms with van der Waals surface area (Å²) < 4.78 is 38.2. The van der Waals surface area contributed by atoms with Gasteiger partial charge in [-0.2, -0.15) is 4.31 Å². The van der Waals surface area contributed by atoms with Crippen molar-refractivity contribution in [1.29, 1.82) is 0 Å². The Morgan fingerprint density at radius 2 is 1.93 bits per heavy atom. The summed E-state index contributed by atoms with van der Waals surface area (Å²) in [5, 5.41) is 3.14. The Labute approximate surface area is 170 Å². The number of methoxy groups -OCH3 is 1. The van der Waals surface area contributed by atoms with Crippen LogP contribution in [0.5, 0.6) is 5.75 Å². The molecule has 0 spiro atoms. The van der Waals surface area contributed by atoms with Crippen LogP contribution in [0.25, 0.3) is 0 Å². The van der Waals surface area contributed by atoms with Gasteiger partial charge in [0.05, 0.1) is 12.0 Å². The number of carbonyl (C=O) groups excluding carboxylic acids is 1. The van der Waals surface area contributed by atoms with Crippen molar-refractivity contribution in [2.45, 2.75) is 24.4 Å². The van der Waals surface area contributed by atoms with E-state index in [0.29, 0.717) is 5.75 Å². The number of benzene rings is 2. The molecular weight excluding hydrogens is 392 g/mol. The predicted octanol–water partition coefficient (Wildman–Crippen LogP) is 2.25. The molecule has 0 amide bonds. The average Bonchev–Trinajstić information content (AvgIpc) is 2.94. The van der Waals surface area contributed by atoms with Crippen LogP contribution >= 0.6 is 0 Å². The zero-order chi connectivity index (χ0) is 20.9. The Balaban J connectivity index is 1.94. The molecule has 2 aromatic rings. The van der Waals surface area contributed by atoms with Gasteiger partial charge in [-0.05, 0) is 42.8 Å². The molecule has 1 atom stereocenters. The van der Waals surface area contributed by atoms with E-state index in [4.69, 9.17) is 9.47 Å². The third kappa shape index (κ3) is 4.53. The first kappa shape index (κ1) is 20.7. The van der Waals surface area contributed by atoms with Crippen LogP contribution in [0.3, 0.4) is 0 Å². The molecule has 29 heavy (non-hydrogen) atoms. The first-order chi connectivity index (χ1) is 14.0. The van der Waals surface area contributed by atoms with Gasteiger partial charge in [0.1, 0.15) is 18.4 Å². The van der Waals surface area contributed by atoms with Gasteiger partial charge in [-0.25, -0.2) is 8.42 Å². The second-order valence-corrected chi connectivity index (χ2v) is 8.20. The third-order valence-corrected chi connectivity index (χ3v) is 6.44. The Hall–Kier alpha value is -3.02. The summed E-state index contributed by atoms with van der Waals surface area (Å²) in [5.41, 5.74) is 1.57. The van der Waals surface area contributed by atoms with Gasteiger partial charge >= 0.3 is 5.97 Å². The second-order valence-electron chi connectivity index (χ2n) is 6.31. The van der Waals surface area contributed by atoms with Gasteiger partial charge in [-0.1, -0.05) is 24.1 Å². The van der Waals surface area contributed by atoms with Crippen molar-refractivity contribution in [2.24, 2.45) is 0 Å². The molecule has 1 unspecified atom stereocenters. The Bertz CT molecular complexity index is 1040. The lowest BCUT2D eigenvalue weighted by atomic mass is 10.2. The fourth-order valence-electron chi connectivity index (χ4n) is 3.04. The quantitative estimate of drug-likeness (QED) is 0.597. The first-order valence-electron chi connectivity index (χ1n) is 9.01. The number of ether oxygens (including phenoxy) is 2. The maximum Gasteiger partial charge on any atom is 0.326 e. The highest BCUT2D eigenvalue weighted by atomic mass is 32.2. The van der Waals surface area contributed by atoms with E-state index >= 15 is 0 Å². The fraction of sp³-hybridized carbons (Fsp3) is 0.286. The number of nitrogens with one attached hydrogen (secondary N) is 1. The number of hydrogen-bond acceptors (Lipinski definition) is 6. The second kappa shape index (κ2) is 8.99. The van der Waals surface area contributed by atoms with Crippen molar-refractivity contribution in [3.8, 4) is 17.6 Å². The van der Waals surface area contributed by atoms with E-state index in [1.54, 1.807) is 19.1 Å². The minimum Gasteiger partial charge on any atom is -0.481 e. The number of para-hydroxylation sites is 1. The highest BCUT2D eigenvalue weighted by Gasteiger charge is 2.38. The van der Waals surface area contributed by atoms with E-state index in [1.165, 1.54) is 23.5 Å². The Morgan fingerprint density at radius 3 is 2.62 bits per heavy atom. The third-order valence-electron chi connectivity index (χ3n) is 4.57. The molecule has 0 saturated carbocycles. The number of anilines is 1. The van der Waals surface area contributed by atoms with Crippen LogP contribution in [0.4, 0.5) is 5.69 Å². The van der Waals surface area contributed by atoms with Crippen molar-refractivity contribution < 1.29 is 22.7 Å². The van der Waals surface area contributed by atoms with Gasteiger partial charge in [0.15, 0.2) is 0 Å². The number of esters is 1. The number of nitrogens with zero attached hydrogens (tertiary/aromatic N) is 1. The number of hydrogen-bond donors (Lipinski definition) is 1. The number of rotatable bonds is 5.